The van der Waals surface area contributed by atoms with E-state index in [0.717, 1.165) is 51.6 Å². The SMILES string of the molecule is O=C(C1CCC1)N1CCCN(C(=O)C2CCCCn3nnnc32)CC1. The van der Waals surface area contributed by atoms with E-state index < -0.39 is 0 Å². The van der Waals surface area contributed by atoms with Crippen molar-refractivity contribution in [3.05, 3.63) is 5.82 Å². The second-order valence-corrected chi connectivity index (χ2v) is 7.44. The molecule has 2 fully saturated rings. The lowest BCUT2D eigenvalue weighted by Gasteiger charge is -2.31. The molecule has 136 valence electrons. The standard InChI is InChI=1S/C17H26N6O2/c24-16(13-5-3-6-13)21-8-4-9-22(12-11-21)17(25)14-7-1-2-10-23-15(14)18-19-20-23/h13-14H,1-12H2. The Hall–Kier alpha value is -1.99. The van der Waals surface area contributed by atoms with E-state index in [0.29, 0.717) is 31.4 Å². The molecule has 1 aromatic heterocycles. The van der Waals surface area contributed by atoms with E-state index in [9.17, 15) is 9.59 Å². The molecule has 1 saturated heterocycles. The maximum absolute atomic E-state index is 13.1. The highest BCUT2D eigenvalue weighted by molar-refractivity contribution is 5.83. The van der Waals surface area contributed by atoms with Crippen LogP contribution in [-0.2, 0) is 16.1 Å². The summed E-state index contributed by atoms with van der Waals surface area (Å²) >= 11 is 0. The number of fused-ring (bicyclic) bond motifs is 1. The highest BCUT2D eigenvalue weighted by Crippen LogP contribution is 2.29. The number of rotatable bonds is 2. The van der Waals surface area contributed by atoms with Gasteiger partial charge in [0.2, 0.25) is 11.8 Å². The van der Waals surface area contributed by atoms with Crippen LogP contribution in [0.5, 0.6) is 0 Å². The minimum absolute atomic E-state index is 0.121. The fourth-order valence-electron chi connectivity index (χ4n) is 4.09. The highest BCUT2D eigenvalue weighted by atomic mass is 16.2. The molecule has 2 amide bonds. The molecule has 8 nitrogen and oxygen atoms in total. The van der Waals surface area contributed by atoms with E-state index in [1.807, 2.05) is 9.80 Å². The van der Waals surface area contributed by atoms with E-state index in [1.54, 1.807) is 4.68 Å². The quantitative estimate of drug-likeness (QED) is 0.791. The monoisotopic (exact) mass is 346 g/mol. The number of amides is 2. The summed E-state index contributed by atoms with van der Waals surface area (Å²) in [6.07, 6.45) is 6.89. The first kappa shape index (κ1) is 16.5. The van der Waals surface area contributed by atoms with Crippen molar-refractivity contribution in [3.8, 4) is 0 Å². The van der Waals surface area contributed by atoms with Crippen molar-refractivity contribution in [2.75, 3.05) is 26.2 Å². The van der Waals surface area contributed by atoms with Crippen molar-refractivity contribution in [2.24, 2.45) is 5.92 Å². The van der Waals surface area contributed by atoms with Crippen molar-refractivity contribution in [2.45, 2.75) is 57.4 Å². The molecule has 0 spiro atoms. The molecular weight excluding hydrogens is 320 g/mol. The Balaban J connectivity index is 1.42. The van der Waals surface area contributed by atoms with Gasteiger partial charge in [0, 0.05) is 38.6 Å². The van der Waals surface area contributed by atoms with Crippen LogP contribution in [0.15, 0.2) is 0 Å². The number of hydrogen-bond donors (Lipinski definition) is 0. The van der Waals surface area contributed by atoms with Crippen molar-refractivity contribution < 1.29 is 9.59 Å². The molecule has 1 unspecified atom stereocenters. The highest BCUT2D eigenvalue weighted by Gasteiger charge is 2.34. The van der Waals surface area contributed by atoms with Crippen molar-refractivity contribution >= 4 is 11.8 Å². The van der Waals surface area contributed by atoms with Gasteiger partial charge in [-0.25, -0.2) is 4.68 Å². The van der Waals surface area contributed by atoms with Gasteiger partial charge in [0.25, 0.3) is 0 Å². The Morgan fingerprint density at radius 3 is 2.28 bits per heavy atom. The molecule has 0 aromatic carbocycles. The fourth-order valence-corrected chi connectivity index (χ4v) is 4.09. The van der Waals surface area contributed by atoms with Crippen LogP contribution in [0.25, 0.3) is 0 Å². The smallest absolute Gasteiger partial charge is 0.233 e. The predicted molar refractivity (Wildman–Crippen MR) is 89.5 cm³/mol. The summed E-state index contributed by atoms with van der Waals surface area (Å²) in [5, 5.41) is 11.9. The van der Waals surface area contributed by atoms with Gasteiger partial charge >= 0.3 is 0 Å². The average molecular weight is 346 g/mol. The molecule has 3 heterocycles. The van der Waals surface area contributed by atoms with Gasteiger partial charge in [-0.1, -0.05) is 12.8 Å². The summed E-state index contributed by atoms with van der Waals surface area (Å²) in [4.78, 5) is 29.5. The molecule has 4 rings (SSSR count). The molecule has 1 saturated carbocycles. The van der Waals surface area contributed by atoms with Crippen LogP contribution < -0.4 is 0 Å². The zero-order valence-electron chi connectivity index (χ0n) is 14.6. The van der Waals surface area contributed by atoms with E-state index >= 15 is 0 Å². The largest absolute Gasteiger partial charge is 0.341 e. The van der Waals surface area contributed by atoms with Crippen LogP contribution in [0.4, 0.5) is 0 Å². The van der Waals surface area contributed by atoms with E-state index in [-0.39, 0.29) is 17.7 Å². The zero-order chi connectivity index (χ0) is 17.2. The van der Waals surface area contributed by atoms with Crippen LogP contribution in [-0.4, -0.2) is 68.0 Å². The van der Waals surface area contributed by atoms with Gasteiger partial charge in [-0.05, 0) is 42.5 Å². The molecular formula is C17H26N6O2. The predicted octanol–water partition coefficient (Wildman–Crippen LogP) is 0.802. The molecule has 1 atom stereocenters. The number of aromatic nitrogens is 4. The van der Waals surface area contributed by atoms with Crippen molar-refractivity contribution in [1.29, 1.82) is 0 Å². The molecule has 0 radical (unpaired) electrons. The number of hydrogen-bond acceptors (Lipinski definition) is 5. The molecule has 2 aliphatic heterocycles. The lowest BCUT2D eigenvalue weighted by molar-refractivity contribution is -0.139. The van der Waals surface area contributed by atoms with E-state index in [2.05, 4.69) is 15.5 Å². The fraction of sp³-hybridized carbons (Fsp3) is 0.824. The van der Waals surface area contributed by atoms with Crippen LogP contribution in [0, 0.1) is 5.92 Å². The van der Waals surface area contributed by atoms with Gasteiger partial charge in [-0.15, -0.1) is 5.10 Å². The summed E-state index contributed by atoms with van der Waals surface area (Å²) in [5.41, 5.74) is 0. The zero-order valence-corrected chi connectivity index (χ0v) is 14.6. The molecule has 8 heteroatoms. The molecule has 1 aromatic rings. The number of aryl methyl sites for hydroxylation is 1. The Kier molecular flexibility index (Phi) is 4.67. The third-order valence-corrected chi connectivity index (χ3v) is 5.86. The summed E-state index contributed by atoms with van der Waals surface area (Å²) in [6, 6.07) is 0. The van der Waals surface area contributed by atoms with Gasteiger partial charge in [0.15, 0.2) is 5.82 Å². The Morgan fingerprint density at radius 1 is 0.800 bits per heavy atom. The number of nitrogens with zero attached hydrogens (tertiary/aromatic N) is 6. The van der Waals surface area contributed by atoms with Crippen molar-refractivity contribution in [3.63, 3.8) is 0 Å². The summed E-state index contributed by atoms with van der Waals surface area (Å²) in [7, 11) is 0. The maximum atomic E-state index is 13.1. The lowest BCUT2D eigenvalue weighted by Crippen LogP contribution is -2.42. The normalized spacial score (nSPS) is 24.9. The van der Waals surface area contributed by atoms with Crippen molar-refractivity contribution in [1.82, 2.24) is 30.0 Å². The van der Waals surface area contributed by atoms with E-state index in [1.165, 1.54) is 6.42 Å². The van der Waals surface area contributed by atoms with E-state index in [4.69, 9.17) is 0 Å². The Morgan fingerprint density at radius 2 is 1.56 bits per heavy atom. The third kappa shape index (κ3) is 3.26. The molecule has 1 aliphatic carbocycles. The first-order valence-corrected chi connectivity index (χ1v) is 9.57. The van der Waals surface area contributed by atoms with Crippen LogP contribution >= 0.6 is 0 Å². The third-order valence-electron chi connectivity index (χ3n) is 5.86. The second-order valence-electron chi connectivity index (χ2n) is 7.44. The Bertz CT molecular complexity index is 641. The number of carbonyl (C=O) groups excluding carboxylic acids is 2. The topological polar surface area (TPSA) is 84.2 Å². The van der Waals surface area contributed by atoms with Gasteiger partial charge < -0.3 is 9.80 Å². The lowest BCUT2D eigenvalue weighted by atomic mass is 9.84. The second kappa shape index (κ2) is 7.09. The first-order valence-electron chi connectivity index (χ1n) is 9.57. The van der Waals surface area contributed by atoms with Crippen LogP contribution in [0.3, 0.4) is 0 Å². The average Bonchev–Trinajstić information content (AvgIpc) is 2.79. The first-order chi connectivity index (χ1) is 12.2. The molecule has 3 aliphatic rings. The summed E-state index contributed by atoms with van der Waals surface area (Å²) in [5.74, 6) is 1.10. The molecule has 0 N–H and O–H groups in total. The summed E-state index contributed by atoms with van der Waals surface area (Å²) in [6.45, 7) is 3.54. The van der Waals surface area contributed by atoms with Gasteiger partial charge in [0.1, 0.15) is 0 Å². The van der Waals surface area contributed by atoms with Crippen LogP contribution in [0.2, 0.25) is 0 Å². The molecule has 0 bridgehead atoms. The molecule has 25 heavy (non-hydrogen) atoms. The minimum Gasteiger partial charge on any atom is -0.341 e. The maximum Gasteiger partial charge on any atom is 0.233 e. The van der Waals surface area contributed by atoms with Gasteiger partial charge in [-0.2, -0.15) is 0 Å². The minimum atomic E-state index is -0.244. The summed E-state index contributed by atoms with van der Waals surface area (Å²) < 4.78 is 1.78. The number of carbonyl (C=O) groups is 2. The Labute approximate surface area is 147 Å². The van der Waals surface area contributed by atoms with Crippen LogP contribution in [0.1, 0.15) is 56.7 Å². The van der Waals surface area contributed by atoms with Gasteiger partial charge in [-0.3, -0.25) is 9.59 Å². The van der Waals surface area contributed by atoms with Gasteiger partial charge in [0.05, 0.1) is 5.92 Å². The number of tetrazole rings is 1.